The van der Waals surface area contributed by atoms with E-state index in [1.54, 1.807) is 41.6 Å². The fourth-order valence-corrected chi connectivity index (χ4v) is 10.3. The van der Waals surface area contributed by atoms with Crippen LogP contribution in [-0.4, -0.2) is 50.4 Å². The molecule has 0 spiro atoms. The van der Waals surface area contributed by atoms with Gasteiger partial charge in [0.1, 0.15) is 0 Å². The number of hydrogen-bond acceptors (Lipinski definition) is 5. The van der Waals surface area contributed by atoms with Crippen LogP contribution in [0.3, 0.4) is 0 Å². The first-order valence-corrected chi connectivity index (χ1v) is 22.8. The zero-order valence-corrected chi connectivity index (χ0v) is 34.5. The molecule has 0 atom stereocenters. The number of methoxy groups -OCH3 is 1. The van der Waals surface area contributed by atoms with Crippen molar-refractivity contribution in [3.05, 3.63) is 193 Å². The van der Waals surface area contributed by atoms with Gasteiger partial charge in [-0.3, -0.25) is 6.79 Å². The van der Waals surface area contributed by atoms with Gasteiger partial charge < -0.3 is 20.0 Å². The average Bonchev–Trinajstić information content (AvgIpc) is 3.27. The van der Waals surface area contributed by atoms with Crippen molar-refractivity contribution in [3.63, 3.8) is 0 Å². The smallest absolute Gasteiger partial charge is 0.0967 e. The van der Waals surface area contributed by atoms with Crippen LogP contribution in [0.4, 0.5) is 0 Å². The second-order valence-corrected chi connectivity index (χ2v) is 16.4. The summed E-state index contributed by atoms with van der Waals surface area (Å²) >= 11 is 1.62. The number of halogens is 1. The van der Waals surface area contributed by atoms with Gasteiger partial charge in [0.15, 0.2) is 0 Å². The van der Waals surface area contributed by atoms with Gasteiger partial charge in [-0.25, -0.2) is 4.79 Å². The number of nitrogens with one attached hydrogen (secondary N) is 1. The van der Waals surface area contributed by atoms with Gasteiger partial charge in [-0.15, -0.1) is 0 Å². The van der Waals surface area contributed by atoms with Crippen LogP contribution in [-0.2, 0) is 33.4 Å². The Balaban J connectivity index is 0.000000359. The largest absolute Gasteiger partial charge is 0.310 e. The Morgan fingerprint density at radius 1 is 0.566 bits per heavy atom. The van der Waals surface area contributed by atoms with Crippen molar-refractivity contribution in [1.82, 2.24) is 5.32 Å². The maximum Gasteiger partial charge on any atom is 0.0967 e. The van der Waals surface area contributed by atoms with Crippen LogP contribution < -0.4 is 26.5 Å². The molecule has 0 aliphatic rings. The van der Waals surface area contributed by atoms with Crippen molar-refractivity contribution >= 4 is 59.5 Å². The first-order chi connectivity index (χ1) is 26.2. The second kappa shape index (κ2) is 29.6. The number of ether oxygens (including phenoxy) is 1. The number of benzene rings is 6. The summed E-state index contributed by atoms with van der Waals surface area (Å²) in [6.07, 6.45) is 2.41. The summed E-state index contributed by atoms with van der Waals surface area (Å²) in [5.41, 5.74) is 1.55. The molecule has 0 amide bonds. The molecule has 0 unspecified atom stereocenters. The normalized spacial score (nSPS) is 9.77. The molecule has 0 aliphatic carbocycles. The Morgan fingerprint density at radius 2 is 0.849 bits per heavy atom. The average molecular weight is 854 g/mol. The number of rotatable bonds is 12. The van der Waals surface area contributed by atoms with Gasteiger partial charge >= 0.3 is 33.0 Å². The number of carbonyl (C=O) groups excluding carboxylic acids is 2. The molecule has 0 saturated heterocycles. The summed E-state index contributed by atoms with van der Waals surface area (Å²) in [6, 6.07) is 62.6. The maximum atomic E-state index is 10.8. The molecule has 53 heavy (non-hydrogen) atoms. The predicted octanol–water partition coefficient (Wildman–Crippen LogP) is 7.10. The molecule has 2 N–H and O–H groups in total. The maximum absolute atomic E-state index is 10.8. The molecule has 276 valence electrons. The summed E-state index contributed by atoms with van der Waals surface area (Å²) in [7, 11) is 4.46. The quantitative estimate of drug-likeness (QED) is 0.0344. The minimum absolute atomic E-state index is 0.140. The Kier molecular flexibility index (Phi) is 25.3. The van der Waals surface area contributed by atoms with E-state index < -0.39 is 15.8 Å². The van der Waals surface area contributed by atoms with Gasteiger partial charge in [0.2, 0.25) is 0 Å². The number of esters is 1. The standard InChI is InChI=1S/C28H29NP2.C8H8O2.C7H8O.CHO.ClH.Ru.H/c1-5-13-25(14-6-1)30(26-15-7-2-8-16-26)23-21-29-22-24-31(27-17-9-3-10-18-27)28-19-11-4-12-20-28;1-10-8(9)7-5-3-2-4-6-7;8-6-7-4-2-1-3-5-7;1-2;;;/h1-20,29H,21-24H2;2-6H,1H3;1-5,8H,6H2;1H;1H;;/q;;;-1;;+3;/p+1. The van der Waals surface area contributed by atoms with E-state index >= 15 is 0 Å². The number of carbonyl (C=O) groups is 1. The van der Waals surface area contributed by atoms with Gasteiger partial charge in [-0.2, -0.15) is 0 Å². The van der Waals surface area contributed by atoms with Gasteiger partial charge in [-0.1, -0.05) is 121 Å². The van der Waals surface area contributed by atoms with Gasteiger partial charge in [0, 0.05) is 13.1 Å². The summed E-state index contributed by atoms with van der Waals surface area (Å²) < 4.78 is 4.50. The second-order valence-electron chi connectivity index (χ2n) is 11.2. The molecule has 0 bridgehead atoms. The van der Waals surface area contributed by atoms with E-state index in [1.807, 2.05) is 36.4 Å². The van der Waals surface area contributed by atoms with E-state index in [0.29, 0.717) is 5.56 Å². The Labute approximate surface area is 332 Å². The zero-order chi connectivity index (χ0) is 38.4. The van der Waals surface area contributed by atoms with Crippen molar-refractivity contribution in [2.75, 3.05) is 32.5 Å². The summed E-state index contributed by atoms with van der Waals surface area (Å²) in [4.78, 5) is 18.5. The van der Waals surface area contributed by atoms with Crippen LogP contribution in [0.15, 0.2) is 182 Å². The fraction of sp³-hybridized carbons (Fsp3) is 0.136. The van der Waals surface area contributed by atoms with Crippen LogP contribution in [0.25, 0.3) is 0 Å². The van der Waals surface area contributed by atoms with E-state index in [-0.39, 0.29) is 12.6 Å². The van der Waals surface area contributed by atoms with E-state index in [9.17, 15) is 4.79 Å². The third kappa shape index (κ3) is 17.7. The summed E-state index contributed by atoms with van der Waals surface area (Å²) in [5, 5.41) is 18.3. The molecule has 9 heteroatoms. The molecule has 6 rings (SSSR count). The fourth-order valence-electron chi connectivity index (χ4n) is 5.30. The molecule has 0 aromatic heterocycles. The van der Waals surface area contributed by atoms with Crippen molar-refractivity contribution in [1.29, 1.82) is 0 Å². The van der Waals surface area contributed by atoms with Crippen molar-refractivity contribution in [2.45, 2.75) is 6.61 Å². The molecule has 0 aliphatic heterocycles. The van der Waals surface area contributed by atoms with Crippen molar-refractivity contribution in [2.24, 2.45) is 0 Å². The number of hydrogen-bond donors (Lipinski definition) is 2. The predicted molar refractivity (Wildman–Crippen MR) is 228 cm³/mol. The third-order valence-electron chi connectivity index (χ3n) is 7.81. The Bertz CT molecular complexity index is 1580. The SMILES string of the molecule is COC(=O)c1ccccc1.OCc1ccccc1.[CH-]=O.[Cl][RuH+2].c1ccc([PH+](CCNCC[PH+](c2ccccc2)c2ccccc2)c2ccccc2)cc1. The van der Waals surface area contributed by atoms with Gasteiger partial charge in [0.05, 0.1) is 68.7 Å². The first kappa shape index (κ1) is 45.3. The van der Waals surface area contributed by atoms with Crippen LogP contribution >= 0.6 is 25.5 Å². The van der Waals surface area contributed by atoms with E-state index in [0.717, 1.165) is 18.7 Å². The zero-order valence-electron chi connectivity index (χ0n) is 29.9. The molecule has 0 saturated carbocycles. The minimum Gasteiger partial charge on any atom is -0.310 e. The van der Waals surface area contributed by atoms with E-state index in [2.05, 4.69) is 148 Å². The van der Waals surface area contributed by atoms with Gasteiger partial charge in [-0.05, 0) is 66.2 Å². The Hall–Kier alpha value is -3.85. The molecular formula is C44H49ClNO4P2Ru+3. The molecule has 6 aromatic rings. The molecule has 0 fully saturated rings. The number of aliphatic hydroxyl groups is 1. The van der Waals surface area contributed by atoms with Crippen LogP contribution in [0.1, 0.15) is 15.9 Å². The van der Waals surface area contributed by atoms with E-state index in [4.69, 9.17) is 9.90 Å². The number of aliphatic hydroxyl groups excluding tert-OH is 1. The van der Waals surface area contributed by atoms with Crippen molar-refractivity contribution < 1.29 is 36.7 Å². The van der Waals surface area contributed by atoms with Crippen LogP contribution in [0.5, 0.6) is 0 Å². The van der Waals surface area contributed by atoms with E-state index in [1.165, 1.54) is 40.7 Å². The third-order valence-corrected chi connectivity index (χ3v) is 13.4. The first-order valence-electron chi connectivity index (χ1n) is 17.0. The monoisotopic (exact) mass is 854 g/mol. The molecule has 0 radical (unpaired) electrons. The molecular weight excluding hydrogens is 805 g/mol. The molecule has 0 heterocycles. The Morgan fingerprint density at radius 3 is 1.11 bits per heavy atom. The van der Waals surface area contributed by atoms with Crippen molar-refractivity contribution in [3.8, 4) is 0 Å². The van der Waals surface area contributed by atoms with Crippen LogP contribution in [0.2, 0.25) is 0 Å². The van der Waals surface area contributed by atoms with Gasteiger partial charge in [0.25, 0.3) is 0 Å². The van der Waals surface area contributed by atoms with Crippen LogP contribution in [0, 0.1) is 0 Å². The minimum atomic E-state index is -0.758. The molecule has 6 aromatic carbocycles. The summed E-state index contributed by atoms with van der Waals surface area (Å²) in [5.74, 6) is -0.291. The topological polar surface area (TPSA) is 75.6 Å². The molecule has 5 nitrogen and oxygen atoms in total. The summed E-state index contributed by atoms with van der Waals surface area (Å²) in [6.45, 7) is 5.52.